The van der Waals surface area contributed by atoms with Crippen LogP contribution in [0.15, 0.2) is 34.7 Å². The Morgan fingerprint density at radius 2 is 2.30 bits per heavy atom. The van der Waals surface area contributed by atoms with E-state index in [2.05, 4.69) is 15.5 Å². The summed E-state index contributed by atoms with van der Waals surface area (Å²) in [7, 11) is 0. The number of nitrogens with zero attached hydrogens (tertiary/aromatic N) is 2. The number of amides is 1. The number of anilines is 1. The molecule has 0 saturated heterocycles. The fourth-order valence-electron chi connectivity index (χ4n) is 1.64. The highest BCUT2D eigenvalue weighted by atomic mass is 32.1. The van der Waals surface area contributed by atoms with Gasteiger partial charge in [-0.25, -0.2) is 10.4 Å². The van der Waals surface area contributed by atoms with Crippen LogP contribution in [0.4, 0.5) is 5.69 Å². The number of hydrogen-bond acceptors (Lipinski definition) is 5. The zero-order valence-corrected chi connectivity index (χ0v) is 12.2. The summed E-state index contributed by atoms with van der Waals surface area (Å²) in [6, 6.07) is 7.37. The lowest BCUT2D eigenvalue weighted by atomic mass is 10.1. The van der Waals surface area contributed by atoms with E-state index in [1.54, 1.807) is 6.07 Å². The van der Waals surface area contributed by atoms with Crippen LogP contribution >= 0.6 is 11.3 Å². The van der Waals surface area contributed by atoms with E-state index >= 15 is 0 Å². The summed E-state index contributed by atoms with van der Waals surface area (Å²) in [5.41, 5.74) is 11.4. The zero-order valence-electron chi connectivity index (χ0n) is 11.4. The Balaban J connectivity index is 1.96. The minimum Gasteiger partial charge on any atom is -0.399 e. The maximum atomic E-state index is 11.7. The van der Waals surface area contributed by atoms with Crippen molar-refractivity contribution in [1.29, 1.82) is 0 Å². The SMILES string of the molecule is C/C(=N/NC(=O)Cc1nc(C)cs1)c1cccc(N)c1. The number of nitrogen functional groups attached to an aromatic ring is 1. The first kappa shape index (κ1) is 14.2. The van der Waals surface area contributed by atoms with Crippen molar-refractivity contribution >= 4 is 28.6 Å². The van der Waals surface area contributed by atoms with E-state index in [1.807, 2.05) is 37.4 Å². The van der Waals surface area contributed by atoms with Gasteiger partial charge in [0, 0.05) is 16.8 Å². The highest BCUT2D eigenvalue weighted by Crippen LogP contribution is 2.09. The summed E-state index contributed by atoms with van der Waals surface area (Å²) in [5.74, 6) is -0.178. The Hall–Kier alpha value is -2.21. The third-order valence-corrected chi connectivity index (χ3v) is 3.60. The van der Waals surface area contributed by atoms with Gasteiger partial charge in [0.1, 0.15) is 5.01 Å². The van der Waals surface area contributed by atoms with Crippen molar-refractivity contribution in [2.75, 3.05) is 5.73 Å². The Morgan fingerprint density at radius 3 is 2.95 bits per heavy atom. The van der Waals surface area contributed by atoms with Gasteiger partial charge in [-0.05, 0) is 31.5 Å². The number of benzene rings is 1. The van der Waals surface area contributed by atoms with E-state index in [1.165, 1.54) is 11.3 Å². The highest BCUT2D eigenvalue weighted by Gasteiger charge is 2.06. The van der Waals surface area contributed by atoms with E-state index in [4.69, 9.17) is 5.73 Å². The maximum Gasteiger partial charge on any atom is 0.246 e. The largest absolute Gasteiger partial charge is 0.399 e. The van der Waals surface area contributed by atoms with E-state index in [0.717, 1.165) is 16.3 Å². The molecule has 1 aromatic heterocycles. The molecule has 6 heteroatoms. The number of aromatic nitrogens is 1. The second-order valence-electron chi connectivity index (χ2n) is 4.42. The summed E-state index contributed by atoms with van der Waals surface area (Å²) in [4.78, 5) is 16.0. The number of nitrogens with one attached hydrogen (secondary N) is 1. The monoisotopic (exact) mass is 288 g/mol. The number of hydrogen-bond donors (Lipinski definition) is 2. The zero-order chi connectivity index (χ0) is 14.5. The summed E-state index contributed by atoms with van der Waals surface area (Å²) in [6.45, 7) is 3.72. The lowest BCUT2D eigenvalue weighted by molar-refractivity contribution is -0.120. The molecule has 20 heavy (non-hydrogen) atoms. The Labute approximate surface area is 121 Å². The van der Waals surface area contributed by atoms with E-state index in [9.17, 15) is 4.79 Å². The van der Waals surface area contributed by atoms with E-state index in [0.29, 0.717) is 11.4 Å². The third-order valence-electron chi connectivity index (χ3n) is 2.63. The summed E-state index contributed by atoms with van der Waals surface area (Å²) in [5, 5.41) is 6.79. The summed E-state index contributed by atoms with van der Waals surface area (Å²) < 4.78 is 0. The smallest absolute Gasteiger partial charge is 0.246 e. The predicted octanol–water partition coefficient (Wildman–Crippen LogP) is 2.12. The van der Waals surface area contributed by atoms with Gasteiger partial charge in [-0.2, -0.15) is 5.10 Å². The van der Waals surface area contributed by atoms with Gasteiger partial charge in [-0.1, -0.05) is 12.1 Å². The molecule has 2 rings (SSSR count). The molecule has 5 nitrogen and oxygen atoms in total. The molecule has 3 N–H and O–H groups in total. The summed E-state index contributed by atoms with van der Waals surface area (Å²) >= 11 is 1.47. The number of thiazole rings is 1. The van der Waals surface area contributed by atoms with Crippen LogP contribution in [0.2, 0.25) is 0 Å². The molecule has 0 fully saturated rings. The fourth-order valence-corrected chi connectivity index (χ4v) is 2.41. The van der Waals surface area contributed by atoms with Gasteiger partial charge in [-0.3, -0.25) is 4.79 Å². The number of carbonyl (C=O) groups is 1. The Bertz CT molecular complexity index is 648. The van der Waals surface area contributed by atoms with Crippen LogP contribution in [0.25, 0.3) is 0 Å². The first-order valence-corrected chi connectivity index (χ1v) is 7.02. The molecule has 1 aromatic carbocycles. The molecule has 0 spiro atoms. The van der Waals surface area contributed by atoms with Crippen molar-refractivity contribution in [1.82, 2.24) is 10.4 Å². The molecule has 0 radical (unpaired) electrons. The second kappa shape index (κ2) is 6.29. The van der Waals surface area contributed by atoms with Crippen LogP contribution in [-0.4, -0.2) is 16.6 Å². The Kier molecular flexibility index (Phi) is 4.47. The number of hydrazone groups is 1. The molecule has 0 saturated carbocycles. The molecule has 0 bridgehead atoms. The minimum absolute atomic E-state index is 0.178. The molecule has 104 valence electrons. The predicted molar refractivity (Wildman–Crippen MR) is 81.8 cm³/mol. The number of rotatable bonds is 4. The van der Waals surface area contributed by atoms with Crippen LogP contribution in [0.1, 0.15) is 23.2 Å². The summed E-state index contributed by atoms with van der Waals surface area (Å²) in [6.07, 6.45) is 0.242. The first-order chi connectivity index (χ1) is 9.54. The van der Waals surface area contributed by atoms with Gasteiger partial charge in [0.2, 0.25) is 5.91 Å². The normalized spacial score (nSPS) is 11.4. The third kappa shape index (κ3) is 3.89. The second-order valence-corrected chi connectivity index (χ2v) is 5.36. The van der Waals surface area contributed by atoms with Gasteiger partial charge < -0.3 is 5.73 Å². The molecular weight excluding hydrogens is 272 g/mol. The van der Waals surface area contributed by atoms with Crippen molar-refractivity contribution in [3.8, 4) is 0 Å². The minimum atomic E-state index is -0.178. The highest BCUT2D eigenvalue weighted by molar-refractivity contribution is 7.09. The standard InChI is InChI=1S/C14H16N4OS/c1-9-8-20-14(16-9)7-13(19)18-17-10(2)11-4-3-5-12(15)6-11/h3-6,8H,7,15H2,1-2H3,(H,18,19)/b17-10-. The van der Waals surface area contributed by atoms with Crippen LogP contribution < -0.4 is 11.2 Å². The van der Waals surface area contributed by atoms with Gasteiger partial charge in [0.25, 0.3) is 0 Å². The molecule has 1 amide bonds. The number of aryl methyl sites for hydroxylation is 1. The molecule has 0 atom stereocenters. The average molecular weight is 288 g/mol. The number of carbonyl (C=O) groups excluding carboxylic acids is 1. The van der Waals surface area contributed by atoms with Crippen LogP contribution in [-0.2, 0) is 11.2 Å². The van der Waals surface area contributed by atoms with Crippen LogP contribution in [0, 0.1) is 6.92 Å². The number of nitrogens with two attached hydrogens (primary N) is 1. The Morgan fingerprint density at radius 1 is 1.50 bits per heavy atom. The van der Waals surface area contributed by atoms with Crippen molar-refractivity contribution in [3.63, 3.8) is 0 Å². The average Bonchev–Trinajstić information content (AvgIpc) is 2.81. The molecule has 0 aliphatic carbocycles. The lowest BCUT2D eigenvalue weighted by Gasteiger charge is -2.03. The van der Waals surface area contributed by atoms with Crippen molar-refractivity contribution in [2.45, 2.75) is 20.3 Å². The van der Waals surface area contributed by atoms with Crippen molar-refractivity contribution in [2.24, 2.45) is 5.10 Å². The van der Waals surface area contributed by atoms with Gasteiger partial charge in [0.05, 0.1) is 12.1 Å². The quantitative estimate of drug-likeness (QED) is 0.514. The van der Waals surface area contributed by atoms with E-state index in [-0.39, 0.29) is 12.3 Å². The first-order valence-electron chi connectivity index (χ1n) is 6.14. The van der Waals surface area contributed by atoms with Crippen LogP contribution in [0.5, 0.6) is 0 Å². The maximum absolute atomic E-state index is 11.7. The molecule has 2 aromatic rings. The molecule has 0 aliphatic heterocycles. The fraction of sp³-hybridized carbons (Fsp3) is 0.214. The van der Waals surface area contributed by atoms with Gasteiger partial charge in [0.15, 0.2) is 0 Å². The molecule has 1 heterocycles. The molecular formula is C14H16N4OS. The van der Waals surface area contributed by atoms with Gasteiger partial charge >= 0.3 is 0 Å². The van der Waals surface area contributed by atoms with Gasteiger partial charge in [-0.15, -0.1) is 11.3 Å². The molecule has 0 unspecified atom stereocenters. The van der Waals surface area contributed by atoms with Crippen molar-refractivity contribution < 1.29 is 4.79 Å². The van der Waals surface area contributed by atoms with E-state index < -0.39 is 0 Å². The molecule has 0 aliphatic rings. The lowest BCUT2D eigenvalue weighted by Crippen LogP contribution is -2.21. The topological polar surface area (TPSA) is 80.4 Å². The van der Waals surface area contributed by atoms with Crippen molar-refractivity contribution in [3.05, 3.63) is 45.9 Å². The van der Waals surface area contributed by atoms with Crippen LogP contribution in [0.3, 0.4) is 0 Å².